The Hall–Kier alpha value is -1.24. The van der Waals surface area contributed by atoms with E-state index in [0.29, 0.717) is 0 Å². The molecule has 0 bridgehead atoms. The Labute approximate surface area is 73.4 Å². The Bertz CT molecular complexity index is 287. The highest BCUT2D eigenvalue weighted by molar-refractivity contribution is 5.39. The Kier molecular flexibility index (Phi) is 2.22. The summed E-state index contributed by atoms with van der Waals surface area (Å²) >= 11 is 0. The molecule has 63 valence electrons. The highest BCUT2D eigenvalue weighted by Crippen LogP contribution is 2.31. The van der Waals surface area contributed by atoms with E-state index in [-0.39, 0.29) is 11.2 Å². The second-order valence-electron chi connectivity index (χ2n) is 3.42. The van der Waals surface area contributed by atoms with Gasteiger partial charge in [-0.3, -0.25) is 5.11 Å². The standard InChI is InChI=1S/C11H13O/c1-4-11(2,3)9-7-5-6-8-10(9)12/h4-8H,1H2,2-3H3. The van der Waals surface area contributed by atoms with Crippen LogP contribution in [0.5, 0.6) is 5.75 Å². The smallest absolute Gasteiger partial charge is 0.182 e. The molecule has 0 aliphatic rings. The van der Waals surface area contributed by atoms with Crippen LogP contribution in [-0.2, 0) is 10.5 Å². The van der Waals surface area contributed by atoms with Crippen LogP contribution in [-0.4, -0.2) is 0 Å². The summed E-state index contributed by atoms with van der Waals surface area (Å²) in [5.41, 5.74) is 0.582. The lowest BCUT2D eigenvalue weighted by molar-refractivity contribution is 0.344. The van der Waals surface area contributed by atoms with Crippen molar-refractivity contribution in [2.75, 3.05) is 0 Å². The molecule has 0 N–H and O–H groups in total. The van der Waals surface area contributed by atoms with Crippen molar-refractivity contribution < 1.29 is 5.11 Å². The van der Waals surface area contributed by atoms with Crippen molar-refractivity contribution in [1.29, 1.82) is 0 Å². The molecule has 12 heavy (non-hydrogen) atoms. The number of hydrogen-bond acceptors (Lipinski definition) is 0. The highest BCUT2D eigenvalue weighted by atomic mass is 16.3. The van der Waals surface area contributed by atoms with Gasteiger partial charge in [0.15, 0.2) is 5.75 Å². The van der Waals surface area contributed by atoms with Crippen LogP contribution in [0.25, 0.3) is 0 Å². The van der Waals surface area contributed by atoms with Crippen LogP contribution in [0.4, 0.5) is 0 Å². The molecule has 0 fully saturated rings. The van der Waals surface area contributed by atoms with Gasteiger partial charge in [0.05, 0.1) is 0 Å². The third-order valence-corrected chi connectivity index (χ3v) is 2.09. The zero-order chi connectivity index (χ0) is 9.19. The molecule has 0 aliphatic heterocycles. The van der Waals surface area contributed by atoms with E-state index in [1.165, 1.54) is 0 Å². The molecule has 1 rings (SSSR count). The Morgan fingerprint density at radius 3 is 2.42 bits per heavy atom. The molecule has 1 nitrogen and oxygen atoms in total. The van der Waals surface area contributed by atoms with Gasteiger partial charge >= 0.3 is 0 Å². The summed E-state index contributed by atoms with van der Waals surface area (Å²) in [5.74, 6) is 0.0856. The van der Waals surface area contributed by atoms with E-state index >= 15 is 0 Å². The Morgan fingerprint density at radius 2 is 1.92 bits per heavy atom. The van der Waals surface area contributed by atoms with Crippen LogP contribution < -0.4 is 0 Å². The molecule has 0 saturated heterocycles. The van der Waals surface area contributed by atoms with E-state index < -0.39 is 0 Å². The van der Waals surface area contributed by atoms with E-state index in [1.807, 2.05) is 26.0 Å². The van der Waals surface area contributed by atoms with Crippen molar-refractivity contribution in [2.45, 2.75) is 19.3 Å². The summed E-state index contributed by atoms with van der Waals surface area (Å²) in [6.45, 7) is 7.68. The molecule has 1 heteroatoms. The molecule has 0 heterocycles. The number of para-hydroxylation sites is 1. The normalized spacial score (nSPS) is 11.2. The maximum absolute atomic E-state index is 11.4. The van der Waals surface area contributed by atoms with Gasteiger partial charge in [-0.15, -0.1) is 6.58 Å². The first-order chi connectivity index (χ1) is 5.58. The molecule has 1 aromatic rings. The summed E-state index contributed by atoms with van der Waals surface area (Å²) < 4.78 is 0. The minimum absolute atomic E-state index is 0.0856. The minimum Gasteiger partial charge on any atom is -0.290 e. The SMILES string of the molecule is C=CC(C)(C)c1ccccc1[O]. The van der Waals surface area contributed by atoms with Crippen molar-refractivity contribution >= 4 is 0 Å². The van der Waals surface area contributed by atoms with E-state index in [2.05, 4.69) is 6.58 Å². The summed E-state index contributed by atoms with van der Waals surface area (Å²) in [6, 6.07) is 7.07. The summed E-state index contributed by atoms with van der Waals surface area (Å²) in [6.07, 6.45) is 1.80. The predicted octanol–water partition coefficient (Wildman–Crippen LogP) is 3.29. The molecule has 1 aromatic carbocycles. The first-order valence-corrected chi connectivity index (χ1v) is 3.98. The lowest BCUT2D eigenvalue weighted by atomic mass is 9.84. The van der Waals surface area contributed by atoms with E-state index in [4.69, 9.17) is 0 Å². The maximum Gasteiger partial charge on any atom is 0.182 e. The van der Waals surface area contributed by atoms with Gasteiger partial charge < -0.3 is 0 Å². The molecule has 0 atom stereocenters. The lowest BCUT2D eigenvalue weighted by Gasteiger charge is -2.20. The fourth-order valence-electron chi connectivity index (χ4n) is 1.11. The number of hydrogen-bond donors (Lipinski definition) is 0. The monoisotopic (exact) mass is 161 g/mol. The Balaban J connectivity index is 3.19. The number of rotatable bonds is 2. The van der Waals surface area contributed by atoms with Gasteiger partial charge in [0.2, 0.25) is 0 Å². The third kappa shape index (κ3) is 1.50. The van der Waals surface area contributed by atoms with Crippen molar-refractivity contribution in [3.05, 3.63) is 42.5 Å². The molecule has 0 spiro atoms. The largest absolute Gasteiger partial charge is 0.290 e. The summed E-state index contributed by atoms with van der Waals surface area (Å²) in [4.78, 5) is 0. The molecular weight excluding hydrogens is 148 g/mol. The fourth-order valence-corrected chi connectivity index (χ4v) is 1.11. The van der Waals surface area contributed by atoms with E-state index in [9.17, 15) is 5.11 Å². The maximum atomic E-state index is 11.4. The van der Waals surface area contributed by atoms with Crippen LogP contribution in [0, 0.1) is 0 Å². The zero-order valence-corrected chi connectivity index (χ0v) is 7.50. The molecule has 0 unspecified atom stereocenters. The number of benzene rings is 1. The molecule has 0 saturated carbocycles. The van der Waals surface area contributed by atoms with Crippen LogP contribution >= 0.6 is 0 Å². The van der Waals surface area contributed by atoms with Crippen LogP contribution in [0.3, 0.4) is 0 Å². The van der Waals surface area contributed by atoms with Gasteiger partial charge in [-0.25, -0.2) is 0 Å². The second-order valence-corrected chi connectivity index (χ2v) is 3.42. The minimum atomic E-state index is -0.224. The van der Waals surface area contributed by atoms with Crippen molar-refractivity contribution in [3.63, 3.8) is 0 Å². The van der Waals surface area contributed by atoms with E-state index in [0.717, 1.165) is 5.56 Å². The average Bonchev–Trinajstić information content (AvgIpc) is 2.05. The van der Waals surface area contributed by atoms with Crippen LogP contribution in [0.2, 0.25) is 0 Å². The predicted molar refractivity (Wildman–Crippen MR) is 49.8 cm³/mol. The average molecular weight is 161 g/mol. The Morgan fingerprint density at radius 1 is 1.33 bits per heavy atom. The first-order valence-electron chi connectivity index (χ1n) is 3.98. The molecule has 1 radical (unpaired) electrons. The van der Waals surface area contributed by atoms with Crippen LogP contribution in [0.15, 0.2) is 36.9 Å². The van der Waals surface area contributed by atoms with Gasteiger partial charge in [0, 0.05) is 11.0 Å². The van der Waals surface area contributed by atoms with Gasteiger partial charge in [-0.05, 0) is 6.07 Å². The molecule has 0 aliphatic carbocycles. The number of allylic oxidation sites excluding steroid dienone is 1. The van der Waals surface area contributed by atoms with Gasteiger partial charge in [0.1, 0.15) is 0 Å². The van der Waals surface area contributed by atoms with Crippen molar-refractivity contribution in [2.24, 2.45) is 0 Å². The topological polar surface area (TPSA) is 19.9 Å². The van der Waals surface area contributed by atoms with Crippen molar-refractivity contribution in [1.82, 2.24) is 0 Å². The molecule has 0 aromatic heterocycles. The molecule has 0 amide bonds. The first kappa shape index (κ1) is 8.85. The lowest BCUT2D eigenvalue weighted by Crippen LogP contribution is -2.12. The van der Waals surface area contributed by atoms with Gasteiger partial charge in [-0.1, -0.05) is 38.1 Å². The summed E-state index contributed by atoms with van der Waals surface area (Å²) in [7, 11) is 0. The van der Waals surface area contributed by atoms with Gasteiger partial charge in [0.25, 0.3) is 0 Å². The fraction of sp³-hybridized carbons (Fsp3) is 0.273. The van der Waals surface area contributed by atoms with Crippen molar-refractivity contribution in [3.8, 4) is 5.75 Å². The van der Waals surface area contributed by atoms with Crippen LogP contribution in [0.1, 0.15) is 19.4 Å². The van der Waals surface area contributed by atoms with E-state index in [1.54, 1.807) is 18.2 Å². The summed E-state index contributed by atoms with van der Waals surface area (Å²) in [5, 5.41) is 11.4. The third-order valence-electron chi connectivity index (χ3n) is 2.09. The quantitative estimate of drug-likeness (QED) is 0.593. The molecular formula is C11H13O. The highest BCUT2D eigenvalue weighted by Gasteiger charge is 2.19. The second kappa shape index (κ2) is 3.02. The zero-order valence-electron chi connectivity index (χ0n) is 7.50. The van der Waals surface area contributed by atoms with Gasteiger partial charge in [-0.2, -0.15) is 0 Å².